The second-order valence-electron chi connectivity index (χ2n) is 7.02. The van der Waals surface area contributed by atoms with E-state index >= 15 is 0 Å². The molecule has 27 heavy (non-hydrogen) atoms. The normalized spacial score (nSPS) is 14.0. The average molecular weight is 396 g/mol. The first kappa shape index (κ1) is 21.6. The highest BCUT2D eigenvalue weighted by molar-refractivity contribution is 7.85. The Morgan fingerprint density at radius 3 is 1.70 bits per heavy atom. The van der Waals surface area contributed by atoms with Gasteiger partial charge in [-0.3, -0.25) is 18.7 Å². The summed E-state index contributed by atoms with van der Waals surface area (Å²) in [5.74, 6) is -0.342. The molecule has 150 valence electrons. The number of carbonyl (C=O) groups excluding carboxylic acids is 2. The first-order chi connectivity index (χ1) is 12.9. The van der Waals surface area contributed by atoms with Crippen molar-refractivity contribution in [2.24, 2.45) is 0 Å². The van der Waals surface area contributed by atoms with Crippen LogP contribution in [0.2, 0.25) is 0 Å². The van der Waals surface area contributed by atoms with E-state index in [1.54, 1.807) is 24.3 Å². The van der Waals surface area contributed by atoms with Crippen molar-refractivity contribution in [1.82, 2.24) is 4.90 Å². The molecule has 0 bridgehead atoms. The maximum atomic E-state index is 12.2. The fourth-order valence-electron chi connectivity index (χ4n) is 3.26. The summed E-state index contributed by atoms with van der Waals surface area (Å²) < 4.78 is 26.3. The van der Waals surface area contributed by atoms with E-state index in [2.05, 4.69) is 0 Å². The predicted octanol–water partition coefficient (Wildman–Crippen LogP) is 3.77. The zero-order valence-corrected chi connectivity index (χ0v) is 16.8. The molecule has 7 heteroatoms. The fourth-order valence-corrected chi connectivity index (χ4v) is 3.68. The Kier molecular flexibility index (Phi) is 8.44. The Labute approximate surface area is 162 Å². The number of carbonyl (C=O) groups is 2. The van der Waals surface area contributed by atoms with Crippen LogP contribution in [0.4, 0.5) is 0 Å². The van der Waals surface area contributed by atoms with Crippen LogP contribution >= 0.6 is 0 Å². The van der Waals surface area contributed by atoms with E-state index in [9.17, 15) is 18.0 Å². The summed E-state index contributed by atoms with van der Waals surface area (Å²) in [4.78, 5) is 25.8. The molecule has 0 saturated carbocycles. The minimum Gasteiger partial charge on any atom is -0.274 e. The number of unbranched alkanes of at least 4 members (excludes halogenated alkanes) is 8. The number of nitrogens with zero attached hydrogens (tertiary/aromatic N) is 1. The lowest BCUT2D eigenvalue weighted by molar-refractivity contribution is 0.0651. The minimum absolute atomic E-state index is 0.171. The maximum absolute atomic E-state index is 12.2. The lowest BCUT2D eigenvalue weighted by Crippen LogP contribution is -2.30. The number of benzene rings is 1. The molecule has 2 amide bonds. The van der Waals surface area contributed by atoms with Gasteiger partial charge in [0.2, 0.25) is 0 Å². The summed E-state index contributed by atoms with van der Waals surface area (Å²) in [5, 5.41) is 0. The van der Waals surface area contributed by atoms with E-state index in [0.717, 1.165) is 64.0 Å². The van der Waals surface area contributed by atoms with Crippen molar-refractivity contribution in [3.05, 3.63) is 35.4 Å². The smallest absolute Gasteiger partial charge is 0.264 e. The molecule has 1 aliphatic rings. The number of amides is 2. The molecule has 0 aromatic heterocycles. The van der Waals surface area contributed by atoms with Crippen LogP contribution < -0.4 is 0 Å². The largest absolute Gasteiger partial charge is 0.274 e. The molecule has 0 N–H and O–H groups in total. The van der Waals surface area contributed by atoms with Crippen molar-refractivity contribution in [2.75, 3.05) is 19.4 Å². The lowest BCUT2D eigenvalue weighted by atomic mass is 10.1. The molecule has 0 radical (unpaired) electrons. The summed E-state index contributed by atoms with van der Waals surface area (Å²) in [6.45, 7) is 0.767. The van der Waals surface area contributed by atoms with E-state index in [0.29, 0.717) is 17.7 Å². The Morgan fingerprint density at radius 1 is 0.778 bits per heavy atom. The Morgan fingerprint density at radius 2 is 1.22 bits per heavy atom. The quantitative estimate of drug-likeness (QED) is 0.288. The van der Waals surface area contributed by atoms with Crippen LogP contribution in [0.1, 0.15) is 78.5 Å². The van der Waals surface area contributed by atoms with E-state index in [1.807, 2.05) is 0 Å². The van der Waals surface area contributed by atoms with Crippen molar-refractivity contribution in [3.63, 3.8) is 0 Å². The molecule has 0 unspecified atom stereocenters. The zero-order chi connectivity index (χ0) is 19.7. The van der Waals surface area contributed by atoms with Crippen LogP contribution in [0.25, 0.3) is 0 Å². The highest BCUT2D eigenvalue weighted by atomic mass is 32.2. The van der Waals surface area contributed by atoms with Gasteiger partial charge in [-0.2, -0.15) is 8.42 Å². The van der Waals surface area contributed by atoms with Crippen molar-refractivity contribution in [1.29, 1.82) is 0 Å². The van der Waals surface area contributed by atoms with E-state index in [1.165, 1.54) is 4.90 Å². The molecule has 2 rings (SSSR count). The SMILES string of the molecule is CS(=O)(=O)OCCCCCCCCCCCN1C(=O)c2ccccc2C1=O. The molecule has 0 fully saturated rings. The molecule has 1 aromatic carbocycles. The van der Waals surface area contributed by atoms with E-state index < -0.39 is 10.1 Å². The maximum Gasteiger partial charge on any atom is 0.264 e. The fraction of sp³-hybridized carbons (Fsp3) is 0.600. The van der Waals surface area contributed by atoms with Gasteiger partial charge in [0.25, 0.3) is 21.9 Å². The van der Waals surface area contributed by atoms with E-state index in [4.69, 9.17) is 4.18 Å². The van der Waals surface area contributed by atoms with Crippen LogP contribution in [-0.2, 0) is 14.3 Å². The van der Waals surface area contributed by atoms with Crippen LogP contribution in [0.3, 0.4) is 0 Å². The summed E-state index contributed by atoms with van der Waals surface area (Å²) >= 11 is 0. The predicted molar refractivity (Wildman–Crippen MR) is 104 cm³/mol. The van der Waals surface area contributed by atoms with Gasteiger partial charge in [0.15, 0.2) is 0 Å². The average Bonchev–Trinajstić information content (AvgIpc) is 2.86. The van der Waals surface area contributed by atoms with Crippen LogP contribution in [0.15, 0.2) is 24.3 Å². The number of fused-ring (bicyclic) bond motifs is 1. The van der Waals surface area contributed by atoms with Gasteiger partial charge in [0.05, 0.1) is 24.0 Å². The summed E-state index contributed by atoms with van der Waals surface area (Å²) in [6, 6.07) is 6.99. The van der Waals surface area contributed by atoms with Gasteiger partial charge in [-0.05, 0) is 25.0 Å². The molecule has 1 aromatic rings. The van der Waals surface area contributed by atoms with Crippen molar-refractivity contribution in [3.8, 4) is 0 Å². The highest BCUT2D eigenvalue weighted by Gasteiger charge is 2.34. The molecule has 0 saturated heterocycles. The third kappa shape index (κ3) is 7.07. The molecular formula is C20H29NO5S. The van der Waals surface area contributed by atoms with Crippen LogP contribution in [0, 0.1) is 0 Å². The second kappa shape index (κ2) is 10.6. The van der Waals surface area contributed by atoms with E-state index in [-0.39, 0.29) is 18.4 Å². The number of rotatable bonds is 13. The number of hydrogen-bond acceptors (Lipinski definition) is 5. The summed E-state index contributed by atoms with van der Waals surface area (Å²) in [7, 11) is -3.31. The first-order valence-electron chi connectivity index (χ1n) is 9.70. The monoisotopic (exact) mass is 395 g/mol. The van der Waals surface area contributed by atoms with Crippen molar-refractivity contribution < 1.29 is 22.2 Å². The van der Waals surface area contributed by atoms with Gasteiger partial charge in [-0.25, -0.2) is 0 Å². The highest BCUT2D eigenvalue weighted by Crippen LogP contribution is 2.23. The minimum atomic E-state index is -3.31. The van der Waals surface area contributed by atoms with Crippen LogP contribution in [0.5, 0.6) is 0 Å². The first-order valence-corrected chi connectivity index (χ1v) is 11.5. The Hall–Kier alpha value is -1.73. The molecule has 6 nitrogen and oxygen atoms in total. The number of imide groups is 1. The third-order valence-corrected chi connectivity index (χ3v) is 5.30. The standard InChI is InChI=1S/C20H29NO5S/c1-27(24,25)26-16-12-8-6-4-2-3-5-7-11-15-21-19(22)17-13-9-10-14-18(17)20(21)23/h9-10,13-14H,2-8,11-12,15-16H2,1H3. The lowest BCUT2D eigenvalue weighted by Gasteiger charge is -2.13. The van der Waals surface area contributed by atoms with Gasteiger partial charge >= 0.3 is 0 Å². The van der Waals surface area contributed by atoms with Gasteiger partial charge in [-0.1, -0.05) is 57.1 Å². The molecular weight excluding hydrogens is 366 g/mol. The van der Waals surface area contributed by atoms with Crippen LogP contribution in [-0.4, -0.2) is 44.5 Å². The van der Waals surface area contributed by atoms with Crippen molar-refractivity contribution >= 4 is 21.9 Å². The summed E-state index contributed by atoms with van der Waals surface area (Å²) in [6.07, 6.45) is 10.3. The molecule has 0 atom stereocenters. The topological polar surface area (TPSA) is 80.8 Å². The molecule has 0 aliphatic carbocycles. The molecule has 1 heterocycles. The van der Waals surface area contributed by atoms with Gasteiger partial charge in [0.1, 0.15) is 0 Å². The summed E-state index contributed by atoms with van der Waals surface area (Å²) in [5.41, 5.74) is 1.04. The van der Waals surface area contributed by atoms with Gasteiger partial charge < -0.3 is 0 Å². The third-order valence-electron chi connectivity index (χ3n) is 4.70. The number of hydrogen-bond donors (Lipinski definition) is 0. The molecule has 0 spiro atoms. The molecule has 1 aliphatic heterocycles. The zero-order valence-electron chi connectivity index (χ0n) is 16.0. The van der Waals surface area contributed by atoms with Crippen molar-refractivity contribution in [2.45, 2.75) is 57.8 Å². The Bertz CT molecular complexity index is 709. The second-order valence-corrected chi connectivity index (χ2v) is 8.66. The van der Waals surface area contributed by atoms with Gasteiger partial charge in [0, 0.05) is 6.54 Å². The van der Waals surface area contributed by atoms with Gasteiger partial charge in [-0.15, -0.1) is 0 Å². The Balaban J connectivity index is 1.47.